The normalized spacial score (nSPS) is 11.1. The summed E-state index contributed by atoms with van der Waals surface area (Å²) < 4.78 is 4.36. The van der Waals surface area contributed by atoms with Crippen molar-refractivity contribution in [2.45, 2.75) is 0 Å². The van der Waals surface area contributed by atoms with Crippen molar-refractivity contribution < 1.29 is 0 Å². The van der Waals surface area contributed by atoms with Gasteiger partial charge in [-0.15, -0.1) is 0 Å². The van der Waals surface area contributed by atoms with Crippen molar-refractivity contribution in [1.29, 1.82) is 10.5 Å². The maximum Gasteiger partial charge on any atom is 0.211 e. The number of rotatable bonds is 4. The van der Waals surface area contributed by atoms with E-state index in [0.29, 0.717) is 16.8 Å². The first kappa shape index (κ1) is 28.8. The zero-order valence-corrected chi connectivity index (χ0v) is 26.7. The number of para-hydroxylation sites is 4. The number of benzene rings is 7. The highest BCUT2D eigenvalue weighted by atomic mass is 15.0. The van der Waals surface area contributed by atoms with Gasteiger partial charge in [0, 0.05) is 27.2 Å². The van der Waals surface area contributed by atoms with Gasteiger partial charge in [0.25, 0.3) is 0 Å². The molecule has 0 saturated heterocycles. The first-order valence-corrected chi connectivity index (χ1v) is 16.3. The van der Waals surface area contributed by atoms with Gasteiger partial charge >= 0.3 is 0 Å². The van der Waals surface area contributed by atoms with Crippen molar-refractivity contribution in [2.24, 2.45) is 0 Å². The molecule has 0 unspecified atom stereocenters. The Balaban J connectivity index is 1.21. The molecule has 0 aliphatic rings. The highest BCUT2D eigenvalue weighted by Crippen LogP contribution is 2.42. The topological polar surface area (TPSA) is 61.8 Å². The lowest BCUT2D eigenvalue weighted by atomic mass is 9.94. The molecule has 0 bridgehead atoms. The van der Waals surface area contributed by atoms with Crippen molar-refractivity contribution >= 4 is 49.3 Å². The highest BCUT2D eigenvalue weighted by molar-refractivity contribution is 6.11. The van der Waals surface area contributed by atoms with Crippen molar-refractivity contribution in [1.82, 2.24) is 9.13 Å². The molecule has 0 fully saturated rings. The van der Waals surface area contributed by atoms with Crippen LogP contribution in [0.3, 0.4) is 0 Å². The van der Waals surface area contributed by atoms with E-state index in [4.69, 9.17) is 6.57 Å². The summed E-state index contributed by atoms with van der Waals surface area (Å²) in [6.45, 7) is 8.15. The van der Waals surface area contributed by atoms with Crippen LogP contribution in [0.5, 0.6) is 0 Å². The number of hydrogen-bond donors (Lipinski definition) is 0. The van der Waals surface area contributed by atoms with E-state index in [2.05, 4.69) is 86.8 Å². The van der Waals surface area contributed by atoms with Crippen LogP contribution in [0.4, 0.5) is 5.69 Å². The Morgan fingerprint density at radius 1 is 0.480 bits per heavy atom. The highest BCUT2D eigenvalue weighted by Gasteiger charge is 2.20. The van der Waals surface area contributed by atoms with Gasteiger partial charge in [-0.3, -0.25) is 0 Å². The molecule has 0 aliphatic carbocycles. The summed E-state index contributed by atoms with van der Waals surface area (Å²) in [5, 5.41) is 24.4. The number of nitriles is 2. The van der Waals surface area contributed by atoms with Crippen LogP contribution < -0.4 is 0 Å². The number of nitrogens with zero attached hydrogens (tertiary/aromatic N) is 5. The summed E-state index contributed by atoms with van der Waals surface area (Å²) in [5.74, 6) is 0. The van der Waals surface area contributed by atoms with Crippen LogP contribution in [0.1, 0.15) is 11.1 Å². The van der Waals surface area contributed by atoms with Crippen LogP contribution in [0.15, 0.2) is 152 Å². The van der Waals surface area contributed by atoms with Gasteiger partial charge in [0.1, 0.15) is 0 Å². The second-order valence-electron chi connectivity index (χ2n) is 12.3. The molecule has 2 aromatic heterocycles. The van der Waals surface area contributed by atoms with Crippen LogP contribution in [0, 0.1) is 29.2 Å². The monoisotopic (exact) mass is 635 g/mol. The van der Waals surface area contributed by atoms with Crippen molar-refractivity contribution in [3.63, 3.8) is 0 Å². The molecule has 0 spiro atoms. The Morgan fingerprint density at radius 2 is 1.08 bits per heavy atom. The van der Waals surface area contributed by atoms with E-state index >= 15 is 0 Å². The lowest BCUT2D eigenvalue weighted by Gasteiger charge is -2.17. The van der Waals surface area contributed by atoms with Crippen LogP contribution in [-0.4, -0.2) is 9.13 Å². The van der Waals surface area contributed by atoms with Gasteiger partial charge in [-0.2, -0.15) is 10.5 Å². The molecule has 0 radical (unpaired) electrons. The fraction of sp³-hybridized carbons (Fsp3) is 0. The van der Waals surface area contributed by atoms with Gasteiger partial charge in [-0.1, -0.05) is 97.1 Å². The summed E-state index contributed by atoms with van der Waals surface area (Å²) in [6.07, 6.45) is 0. The Morgan fingerprint density at radius 3 is 1.74 bits per heavy atom. The second-order valence-corrected chi connectivity index (χ2v) is 12.3. The van der Waals surface area contributed by atoms with Gasteiger partial charge in [-0.05, 0) is 76.9 Å². The smallest absolute Gasteiger partial charge is 0.211 e. The lowest BCUT2D eigenvalue weighted by molar-refractivity contribution is 1.18. The van der Waals surface area contributed by atoms with Gasteiger partial charge in [0.2, 0.25) is 5.69 Å². The average Bonchev–Trinajstić information content (AvgIpc) is 3.69. The fourth-order valence-electron chi connectivity index (χ4n) is 7.44. The summed E-state index contributed by atoms with van der Waals surface area (Å²) in [4.78, 5) is 3.99. The molecule has 0 amide bonds. The molecule has 0 saturated carbocycles. The van der Waals surface area contributed by atoms with Gasteiger partial charge < -0.3 is 9.13 Å². The van der Waals surface area contributed by atoms with E-state index in [1.165, 1.54) is 0 Å². The molecule has 9 aromatic rings. The second kappa shape index (κ2) is 11.4. The third-order valence-corrected chi connectivity index (χ3v) is 9.61. The molecule has 2 heterocycles. The minimum absolute atomic E-state index is 0.553. The Kier molecular flexibility index (Phi) is 6.56. The van der Waals surface area contributed by atoms with Crippen LogP contribution >= 0.6 is 0 Å². The van der Waals surface area contributed by atoms with E-state index in [1.54, 1.807) is 0 Å². The lowest BCUT2D eigenvalue weighted by Crippen LogP contribution is -1.98. The number of fused-ring (bicyclic) bond motifs is 6. The molecular weight excluding hydrogens is 611 g/mol. The first-order chi connectivity index (χ1) is 24.7. The van der Waals surface area contributed by atoms with Crippen LogP contribution in [0.25, 0.3) is 82.1 Å². The third-order valence-electron chi connectivity index (χ3n) is 9.61. The van der Waals surface area contributed by atoms with Crippen LogP contribution in [0.2, 0.25) is 0 Å². The molecule has 230 valence electrons. The van der Waals surface area contributed by atoms with E-state index in [0.717, 1.165) is 77.2 Å². The molecule has 7 aromatic carbocycles. The van der Waals surface area contributed by atoms with E-state index in [-0.39, 0.29) is 0 Å². The van der Waals surface area contributed by atoms with Gasteiger partial charge in [0.15, 0.2) is 0 Å². The Hall–Kier alpha value is -7.39. The first-order valence-electron chi connectivity index (χ1n) is 16.3. The third kappa shape index (κ3) is 4.31. The molecule has 9 rings (SSSR count). The van der Waals surface area contributed by atoms with Crippen LogP contribution in [-0.2, 0) is 0 Å². The van der Waals surface area contributed by atoms with E-state index < -0.39 is 0 Å². The predicted octanol–water partition coefficient (Wildman–Crippen LogP) is 11.5. The maximum absolute atomic E-state index is 10.5. The minimum Gasteiger partial charge on any atom is -0.318 e. The summed E-state index contributed by atoms with van der Waals surface area (Å²) >= 11 is 0. The Bertz CT molecular complexity index is 2920. The van der Waals surface area contributed by atoms with Crippen molar-refractivity contribution in [3.8, 4) is 45.8 Å². The van der Waals surface area contributed by atoms with Crippen molar-refractivity contribution in [3.05, 3.63) is 174 Å². The summed E-state index contributed by atoms with van der Waals surface area (Å²) in [6, 6.07) is 55.4. The summed E-state index contributed by atoms with van der Waals surface area (Å²) in [5.41, 5.74) is 11.1. The molecule has 50 heavy (non-hydrogen) atoms. The molecule has 0 aliphatic heterocycles. The molecule has 0 N–H and O–H groups in total. The molecule has 5 heteroatoms. The van der Waals surface area contributed by atoms with Crippen molar-refractivity contribution in [2.75, 3.05) is 0 Å². The predicted molar refractivity (Wildman–Crippen MR) is 202 cm³/mol. The van der Waals surface area contributed by atoms with Gasteiger partial charge in [-0.25, -0.2) is 4.85 Å². The van der Waals surface area contributed by atoms with E-state index in [1.807, 2.05) is 91.0 Å². The maximum atomic E-state index is 10.5. The zero-order valence-electron chi connectivity index (χ0n) is 26.7. The standard InChI is InChI=1S/C45H25N5/c1-48-40-16-9-15-35(45(40)50-42-18-6-2-12-36(42)37-13-3-7-19-43(37)50)31-11-8-10-30(25-31)34-22-21-33(26-32(34)28-47)49-41-17-5-4-14-38(41)39-24-29(27-46)20-23-44(39)49/h2-26H. The van der Waals surface area contributed by atoms with E-state index in [9.17, 15) is 10.5 Å². The summed E-state index contributed by atoms with van der Waals surface area (Å²) in [7, 11) is 0. The molecule has 0 atom stereocenters. The quantitative estimate of drug-likeness (QED) is 0.181. The largest absolute Gasteiger partial charge is 0.318 e. The molecular formula is C45H25N5. The SMILES string of the molecule is [C-]#[N+]c1cccc(-c2cccc(-c3ccc(-n4c5ccccc5c5cc(C#N)ccc54)cc3C#N)c2)c1-n1c2ccccc2c2ccccc21. The number of aromatic nitrogens is 2. The fourth-order valence-corrected chi connectivity index (χ4v) is 7.44. The Labute approximate surface area is 288 Å². The number of hydrogen-bond acceptors (Lipinski definition) is 2. The zero-order chi connectivity index (χ0) is 33.8. The minimum atomic E-state index is 0.553. The molecule has 5 nitrogen and oxygen atoms in total. The average molecular weight is 636 g/mol. The van der Waals surface area contributed by atoms with Gasteiger partial charge in [0.05, 0.1) is 57.6 Å².